The zero-order chi connectivity index (χ0) is 13.7. The number of hydrogen-bond acceptors (Lipinski definition) is 5. The van der Waals surface area contributed by atoms with E-state index in [0.29, 0.717) is 13.2 Å². The molecule has 1 aliphatic heterocycles. The molecule has 5 heteroatoms. The van der Waals surface area contributed by atoms with Gasteiger partial charge in [-0.25, -0.2) is 0 Å². The highest BCUT2D eigenvalue weighted by atomic mass is 16.7. The van der Waals surface area contributed by atoms with Crippen molar-refractivity contribution in [3.63, 3.8) is 0 Å². The molecule has 1 saturated carbocycles. The molecule has 108 valence electrons. The first-order valence-corrected chi connectivity index (χ1v) is 7.12. The Balaban J connectivity index is 1.90. The quantitative estimate of drug-likeness (QED) is 0.563. The zero-order valence-corrected chi connectivity index (χ0v) is 11.4. The predicted octanol–water partition coefficient (Wildman–Crippen LogP) is 1.83. The lowest BCUT2D eigenvalue weighted by atomic mass is 9.94. The lowest BCUT2D eigenvalue weighted by Gasteiger charge is -2.32. The Morgan fingerprint density at radius 2 is 2.16 bits per heavy atom. The predicted molar refractivity (Wildman–Crippen MR) is 67.4 cm³/mol. The van der Waals surface area contributed by atoms with E-state index in [1.54, 1.807) is 6.92 Å². The molecule has 0 aromatic heterocycles. The highest BCUT2D eigenvalue weighted by Gasteiger charge is 2.45. The monoisotopic (exact) mass is 270 g/mol. The molecule has 0 aromatic rings. The fourth-order valence-corrected chi connectivity index (χ4v) is 2.82. The van der Waals surface area contributed by atoms with Crippen molar-refractivity contribution < 1.29 is 23.8 Å². The summed E-state index contributed by atoms with van der Waals surface area (Å²) in [6.45, 7) is 2.47. The van der Waals surface area contributed by atoms with Crippen LogP contribution in [-0.2, 0) is 23.8 Å². The van der Waals surface area contributed by atoms with Crippen molar-refractivity contribution in [2.45, 2.75) is 57.3 Å². The molecule has 5 nitrogen and oxygen atoms in total. The van der Waals surface area contributed by atoms with E-state index in [1.807, 2.05) is 0 Å². The van der Waals surface area contributed by atoms with E-state index in [-0.39, 0.29) is 18.5 Å². The van der Waals surface area contributed by atoms with Crippen LogP contribution >= 0.6 is 0 Å². The Morgan fingerprint density at radius 1 is 1.42 bits per heavy atom. The van der Waals surface area contributed by atoms with E-state index >= 15 is 0 Å². The second-order valence-corrected chi connectivity index (χ2v) is 5.25. The second-order valence-electron chi connectivity index (χ2n) is 5.25. The highest BCUT2D eigenvalue weighted by molar-refractivity contribution is 5.74. The van der Waals surface area contributed by atoms with Crippen molar-refractivity contribution >= 4 is 12.3 Å². The topological polar surface area (TPSA) is 61.8 Å². The molecule has 0 N–H and O–H groups in total. The van der Waals surface area contributed by atoms with Crippen molar-refractivity contribution in [3.05, 3.63) is 0 Å². The van der Waals surface area contributed by atoms with E-state index in [0.717, 1.165) is 32.0 Å². The van der Waals surface area contributed by atoms with Crippen LogP contribution in [0.4, 0.5) is 0 Å². The fraction of sp³-hybridized carbons (Fsp3) is 0.857. The molecule has 1 aliphatic carbocycles. The molecule has 1 heterocycles. The maximum atomic E-state index is 11.5. The van der Waals surface area contributed by atoms with Gasteiger partial charge in [-0.3, -0.25) is 4.79 Å². The van der Waals surface area contributed by atoms with E-state index < -0.39 is 11.7 Å². The third-order valence-electron chi connectivity index (χ3n) is 3.85. The van der Waals surface area contributed by atoms with Gasteiger partial charge in [0.2, 0.25) is 0 Å². The van der Waals surface area contributed by atoms with Crippen LogP contribution in [0.1, 0.15) is 45.4 Å². The smallest absolute Gasteiger partial charge is 0.306 e. The minimum atomic E-state index is -0.501. The average Bonchev–Trinajstić information content (AvgIpc) is 2.81. The Hall–Kier alpha value is -0.940. The molecule has 0 unspecified atom stereocenters. The Kier molecular flexibility index (Phi) is 4.93. The zero-order valence-electron chi connectivity index (χ0n) is 11.4. The summed E-state index contributed by atoms with van der Waals surface area (Å²) in [5.74, 6) is -1.33. The third-order valence-corrected chi connectivity index (χ3v) is 3.85. The minimum Gasteiger partial charge on any atom is -0.466 e. The van der Waals surface area contributed by atoms with Gasteiger partial charge in [-0.2, -0.15) is 0 Å². The first-order chi connectivity index (χ1) is 9.19. The second kappa shape index (κ2) is 6.48. The molecule has 2 fully saturated rings. The fourth-order valence-electron chi connectivity index (χ4n) is 2.82. The summed E-state index contributed by atoms with van der Waals surface area (Å²) in [6, 6.07) is 0. The number of ether oxygens (including phenoxy) is 3. The summed E-state index contributed by atoms with van der Waals surface area (Å²) < 4.78 is 16.6. The standard InChI is InChI=1S/C14H22O5/c1-2-17-13(16)8-11(9-15)12-10-18-14(19-12)6-4-3-5-7-14/h9,11-12H,2-8,10H2,1H3/t11-,12+/m0/s1. The van der Waals surface area contributed by atoms with Gasteiger partial charge in [0.15, 0.2) is 5.79 Å². The molecule has 1 saturated heterocycles. The van der Waals surface area contributed by atoms with Gasteiger partial charge in [0, 0.05) is 12.8 Å². The first kappa shape index (κ1) is 14.5. The molecular weight excluding hydrogens is 248 g/mol. The van der Waals surface area contributed by atoms with Crippen LogP contribution in [0, 0.1) is 5.92 Å². The largest absolute Gasteiger partial charge is 0.466 e. The molecule has 0 amide bonds. The summed E-state index contributed by atoms with van der Waals surface area (Å²) in [5.41, 5.74) is 0. The molecule has 2 rings (SSSR count). The van der Waals surface area contributed by atoms with Gasteiger partial charge in [0.1, 0.15) is 6.29 Å². The lowest BCUT2D eigenvalue weighted by Crippen LogP contribution is -2.35. The van der Waals surface area contributed by atoms with Crippen LogP contribution in [-0.4, -0.2) is 37.4 Å². The van der Waals surface area contributed by atoms with Gasteiger partial charge < -0.3 is 19.0 Å². The van der Waals surface area contributed by atoms with Crippen LogP contribution < -0.4 is 0 Å². The minimum absolute atomic E-state index is 0.0709. The highest BCUT2D eigenvalue weighted by Crippen LogP contribution is 2.39. The van der Waals surface area contributed by atoms with Gasteiger partial charge in [0.05, 0.1) is 31.7 Å². The molecule has 0 radical (unpaired) electrons. The Bertz CT molecular complexity index is 322. The molecule has 0 bridgehead atoms. The molecule has 2 aliphatic rings. The summed E-state index contributed by atoms with van der Waals surface area (Å²) in [5, 5.41) is 0. The van der Waals surface area contributed by atoms with Crippen LogP contribution in [0.25, 0.3) is 0 Å². The van der Waals surface area contributed by atoms with Gasteiger partial charge in [-0.1, -0.05) is 6.42 Å². The summed E-state index contributed by atoms with van der Waals surface area (Å²) in [6.07, 6.45) is 5.70. The van der Waals surface area contributed by atoms with Crippen LogP contribution in [0.5, 0.6) is 0 Å². The van der Waals surface area contributed by atoms with Gasteiger partial charge in [0.25, 0.3) is 0 Å². The molecule has 19 heavy (non-hydrogen) atoms. The summed E-state index contributed by atoms with van der Waals surface area (Å²) in [4.78, 5) is 22.6. The molecule has 0 aromatic carbocycles. The number of esters is 1. The third kappa shape index (κ3) is 3.54. The van der Waals surface area contributed by atoms with E-state index in [4.69, 9.17) is 14.2 Å². The first-order valence-electron chi connectivity index (χ1n) is 7.12. The lowest BCUT2D eigenvalue weighted by molar-refractivity contribution is -0.192. The van der Waals surface area contributed by atoms with Crippen molar-refractivity contribution in [2.75, 3.05) is 13.2 Å². The van der Waals surface area contributed by atoms with Gasteiger partial charge in [-0.05, 0) is 19.8 Å². The normalized spacial score (nSPS) is 27.1. The van der Waals surface area contributed by atoms with Crippen molar-refractivity contribution in [2.24, 2.45) is 5.92 Å². The summed E-state index contributed by atoms with van der Waals surface area (Å²) in [7, 11) is 0. The van der Waals surface area contributed by atoms with E-state index in [9.17, 15) is 9.59 Å². The average molecular weight is 270 g/mol. The summed E-state index contributed by atoms with van der Waals surface area (Å²) >= 11 is 0. The van der Waals surface area contributed by atoms with E-state index in [2.05, 4.69) is 0 Å². The van der Waals surface area contributed by atoms with Crippen LogP contribution in [0.3, 0.4) is 0 Å². The Morgan fingerprint density at radius 3 is 2.79 bits per heavy atom. The van der Waals surface area contributed by atoms with Crippen LogP contribution in [0.2, 0.25) is 0 Å². The molecule has 1 spiro atoms. The number of aldehydes is 1. The SMILES string of the molecule is CCOC(=O)C[C@@H](C=O)[C@H]1COC2(CCCCC2)O1. The van der Waals surface area contributed by atoms with Crippen molar-refractivity contribution in [1.82, 2.24) is 0 Å². The van der Waals surface area contributed by atoms with Crippen molar-refractivity contribution in [1.29, 1.82) is 0 Å². The maximum absolute atomic E-state index is 11.5. The number of rotatable bonds is 5. The van der Waals surface area contributed by atoms with E-state index in [1.165, 1.54) is 6.42 Å². The molecule has 2 atom stereocenters. The number of carbonyl (C=O) groups excluding carboxylic acids is 2. The Labute approximate surface area is 113 Å². The van der Waals surface area contributed by atoms with Crippen molar-refractivity contribution in [3.8, 4) is 0 Å². The maximum Gasteiger partial charge on any atom is 0.306 e. The van der Waals surface area contributed by atoms with Gasteiger partial charge >= 0.3 is 5.97 Å². The van der Waals surface area contributed by atoms with Gasteiger partial charge in [-0.15, -0.1) is 0 Å². The number of hydrogen-bond donors (Lipinski definition) is 0. The van der Waals surface area contributed by atoms with Crippen LogP contribution in [0.15, 0.2) is 0 Å². The number of carbonyl (C=O) groups is 2. The molecular formula is C14H22O5.